The Hall–Kier alpha value is -7.10. The lowest BCUT2D eigenvalue weighted by Gasteiger charge is -2.19. The van der Waals surface area contributed by atoms with Gasteiger partial charge in [-0.1, -0.05) is 172 Å². The molecule has 0 bridgehead atoms. The Morgan fingerprint density at radius 3 is 1.66 bits per heavy atom. The topological polar surface area (TPSA) is 30.2 Å². The van der Waals surface area contributed by atoms with E-state index in [1.54, 1.807) is 0 Å². The first-order valence-electron chi connectivity index (χ1n) is 20.7. The molecule has 7 aromatic carbocycles. The zero-order valence-corrected chi connectivity index (χ0v) is 34.6. The summed E-state index contributed by atoms with van der Waals surface area (Å²) >= 11 is 0. The fourth-order valence-electron chi connectivity index (χ4n) is 8.84. The molecular formula is C56H47N3. The van der Waals surface area contributed by atoms with Gasteiger partial charge >= 0.3 is 0 Å². The quantitative estimate of drug-likeness (QED) is 0.169. The number of fused-ring (bicyclic) bond motifs is 5. The number of nitrogens with zero attached hydrogens (tertiary/aromatic N) is 3. The van der Waals surface area contributed by atoms with Crippen molar-refractivity contribution in [2.24, 2.45) is 0 Å². The number of aromatic nitrogens is 3. The Labute approximate surface area is 347 Å². The van der Waals surface area contributed by atoms with Crippen molar-refractivity contribution in [2.75, 3.05) is 0 Å². The van der Waals surface area contributed by atoms with E-state index in [0.29, 0.717) is 5.82 Å². The van der Waals surface area contributed by atoms with Gasteiger partial charge in [0.15, 0.2) is 5.82 Å². The summed E-state index contributed by atoms with van der Waals surface area (Å²) in [4.78, 5) is 10.6. The fourth-order valence-corrected chi connectivity index (χ4v) is 8.84. The van der Waals surface area contributed by atoms with E-state index in [0.717, 1.165) is 44.8 Å². The van der Waals surface area contributed by atoms with Crippen LogP contribution in [0.1, 0.15) is 36.2 Å². The Bertz CT molecular complexity index is 3160. The average Bonchev–Trinajstić information content (AvgIpc) is 3.64. The molecule has 3 aromatic heterocycles. The summed E-state index contributed by atoms with van der Waals surface area (Å²) in [6.07, 6.45) is 0. The molecule has 0 amide bonds. The minimum Gasteiger partial charge on any atom is -0.312 e. The number of hydrogen-bond donors (Lipinski definition) is 0. The fraction of sp³-hybridized carbons (Fsp3) is 0.107. The van der Waals surface area contributed by atoms with Gasteiger partial charge in [-0.3, -0.25) is 0 Å². The SMILES string of the molecule is CC.Cc1ccccc1-c1nc(-c2cccc(-c3ccc4c(-c5ccccc5C)c(C)n5c6ccccc6c(-c6ccccc6)c5c4c3)c2)nc(-c2ccccc2)c1C. The van der Waals surface area contributed by atoms with E-state index in [1.807, 2.05) is 13.8 Å². The molecule has 0 spiro atoms. The molecule has 0 saturated carbocycles. The molecule has 0 radical (unpaired) electrons. The minimum atomic E-state index is 0.712. The van der Waals surface area contributed by atoms with Crippen molar-refractivity contribution in [1.29, 1.82) is 0 Å². The van der Waals surface area contributed by atoms with Crippen molar-refractivity contribution in [3.8, 4) is 67.3 Å². The number of aryl methyl sites for hydroxylation is 3. The molecule has 3 heteroatoms. The van der Waals surface area contributed by atoms with Crippen LogP contribution < -0.4 is 0 Å². The van der Waals surface area contributed by atoms with Crippen molar-refractivity contribution >= 4 is 27.2 Å². The van der Waals surface area contributed by atoms with Crippen LogP contribution >= 0.6 is 0 Å². The molecule has 0 aliphatic heterocycles. The first-order chi connectivity index (χ1) is 29.0. The highest BCUT2D eigenvalue weighted by molar-refractivity contribution is 6.18. The molecule has 0 aliphatic carbocycles. The van der Waals surface area contributed by atoms with Crippen LogP contribution in [0, 0.1) is 27.7 Å². The maximum Gasteiger partial charge on any atom is 0.160 e. The number of pyridine rings is 1. The van der Waals surface area contributed by atoms with Crippen LogP contribution in [0.3, 0.4) is 0 Å². The third-order valence-corrected chi connectivity index (χ3v) is 11.6. The second-order valence-electron chi connectivity index (χ2n) is 15.1. The van der Waals surface area contributed by atoms with Gasteiger partial charge in [-0.25, -0.2) is 9.97 Å². The van der Waals surface area contributed by atoms with Gasteiger partial charge in [-0.15, -0.1) is 0 Å². The van der Waals surface area contributed by atoms with E-state index in [2.05, 4.69) is 208 Å². The van der Waals surface area contributed by atoms with Gasteiger partial charge in [0.1, 0.15) is 0 Å². The van der Waals surface area contributed by atoms with E-state index < -0.39 is 0 Å². The van der Waals surface area contributed by atoms with E-state index in [1.165, 1.54) is 66.3 Å². The average molecular weight is 762 g/mol. The highest BCUT2D eigenvalue weighted by Crippen LogP contribution is 2.45. The largest absolute Gasteiger partial charge is 0.312 e. The number of benzene rings is 7. The molecule has 0 unspecified atom stereocenters. The summed E-state index contributed by atoms with van der Waals surface area (Å²) in [7, 11) is 0. The molecule has 59 heavy (non-hydrogen) atoms. The summed E-state index contributed by atoms with van der Waals surface area (Å²) in [5, 5.41) is 3.71. The molecular weight excluding hydrogens is 715 g/mol. The molecule has 10 rings (SSSR count). The van der Waals surface area contributed by atoms with Gasteiger partial charge in [0.05, 0.1) is 22.4 Å². The zero-order valence-electron chi connectivity index (χ0n) is 34.6. The molecule has 0 atom stereocenters. The lowest BCUT2D eigenvalue weighted by molar-refractivity contribution is 1.14. The predicted molar refractivity (Wildman–Crippen MR) is 251 cm³/mol. The van der Waals surface area contributed by atoms with Crippen LogP contribution in [0.4, 0.5) is 0 Å². The summed E-state index contributed by atoms with van der Waals surface area (Å²) in [5.74, 6) is 0.712. The summed E-state index contributed by atoms with van der Waals surface area (Å²) in [5.41, 5.74) is 19.5. The van der Waals surface area contributed by atoms with Crippen molar-refractivity contribution in [3.63, 3.8) is 0 Å². The van der Waals surface area contributed by atoms with E-state index in [9.17, 15) is 0 Å². The lowest BCUT2D eigenvalue weighted by Crippen LogP contribution is -2.01. The van der Waals surface area contributed by atoms with Gasteiger partial charge in [0.2, 0.25) is 0 Å². The Morgan fingerprint density at radius 2 is 0.949 bits per heavy atom. The van der Waals surface area contributed by atoms with Gasteiger partial charge < -0.3 is 4.40 Å². The smallest absolute Gasteiger partial charge is 0.160 e. The molecule has 0 fully saturated rings. The Morgan fingerprint density at radius 1 is 0.390 bits per heavy atom. The van der Waals surface area contributed by atoms with Crippen LogP contribution in [0.25, 0.3) is 94.5 Å². The summed E-state index contributed by atoms with van der Waals surface area (Å²) in [6.45, 7) is 12.8. The minimum absolute atomic E-state index is 0.712. The van der Waals surface area contributed by atoms with Crippen molar-refractivity contribution in [1.82, 2.24) is 14.4 Å². The second kappa shape index (κ2) is 15.7. The van der Waals surface area contributed by atoms with Crippen LogP contribution in [0.2, 0.25) is 0 Å². The Kier molecular flexibility index (Phi) is 9.96. The summed E-state index contributed by atoms with van der Waals surface area (Å²) < 4.78 is 2.50. The molecule has 10 aromatic rings. The predicted octanol–water partition coefficient (Wildman–Crippen LogP) is 15.3. The number of rotatable bonds is 6. The summed E-state index contributed by atoms with van der Waals surface area (Å²) in [6, 6.07) is 63.2. The van der Waals surface area contributed by atoms with Gasteiger partial charge in [-0.05, 0) is 84.7 Å². The van der Waals surface area contributed by atoms with Gasteiger partial charge in [0, 0.05) is 49.8 Å². The number of para-hydroxylation sites is 1. The number of hydrogen-bond acceptors (Lipinski definition) is 2. The van der Waals surface area contributed by atoms with Crippen molar-refractivity contribution < 1.29 is 0 Å². The van der Waals surface area contributed by atoms with E-state index in [4.69, 9.17) is 9.97 Å². The van der Waals surface area contributed by atoms with E-state index >= 15 is 0 Å². The van der Waals surface area contributed by atoms with Crippen LogP contribution in [0.5, 0.6) is 0 Å². The lowest BCUT2D eigenvalue weighted by atomic mass is 9.90. The van der Waals surface area contributed by atoms with Crippen molar-refractivity contribution in [3.05, 3.63) is 198 Å². The van der Waals surface area contributed by atoms with Gasteiger partial charge in [0.25, 0.3) is 0 Å². The highest BCUT2D eigenvalue weighted by Gasteiger charge is 2.23. The second-order valence-corrected chi connectivity index (χ2v) is 15.1. The Balaban J connectivity index is 0.00000221. The third kappa shape index (κ3) is 6.49. The molecule has 0 aliphatic rings. The normalized spacial score (nSPS) is 11.2. The van der Waals surface area contributed by atoms with Crippen molar-refractivity contribution in [2.45, 2.75) is 41.5 Å². The van der Waals surface area contributed by atoms with Crippen LogP contribution in [-0.2, 0) is 0 Å². The maximum absolute atomic E-state index is 5.30. The maximum atomic E-state index is 5.30. The van der Waals surface area contributed by atoms with Crippen LogP contribution in [0.15, 0.2) is 176 Å². The highest BCUT2D eigenvalue weighted by atomic mass is 14.9. The van der Waals surface area contributed by atoms with Gasteiger partial charge in [-0.2, -0.15) is 0 Å². The molecule has 286 valence electrons. The van der Waals surface area contributed by atoms with Crippen LogP contribution in [-0.4, -0.2) is 14.4 Å². The molecule has 3 heterocycles. The molecule has 3 nitrogen and oxygen atoms in total. The molecule has 0 saturated heterocycles. The first-order valence-corrected chi connectivity index (χ1v) is 20.7. The standard InChI is InChI=1S/C54H41N3.C2H6/c1-34-18-11-13-26-43(34)49-37(4)57-48-29-16-15-28-46(48)50(38-20-7-5-8-21-38)53(57)47-33-41(30-31-45(47)49)40-24-17-25-42(32-40)54-55-51(39-22-9-6-10-23-39)36(3)52(56-54)44-27-14-12-19-35(44)2;1-2/h5-33H,1-4H3;1-2H3. The zero-order chi connectivity index (χ0) is 40.6. The third-order valence-electron chi connectivity index (χ3n) is 11.6. The van der Waals surface area contributed by atoms with E-state index in [-0.39, 0.29) is 0 Å². The first kappa shape index (κ1) is 37.5. The molecule has 0 N–H and O–H groups in total. The monoisotopic (exact) mass is 761 g/mol.